The number of ether oxygens (including phenoxy) is 6. The van der Waals surface area contributed by atoms with Gasteiger partial charge >= 0.3 is 29.8 Å². The molecular formula is C52H47FO11. The molecular weight excluding hydrogens is 820 g/mol. The van der Waals surface area contributed by atoms with Gasteiger partial charge in [-0.2, -0.15) is 0 Å². The van der Waals surface area contributed by atoms with Crippen LogP contribution in [0.15, 0.2) is 158 Å². The summed E-state index contributed by atoms with van der Waals surface area (Å²) in [6.07, 6.45) is 3.23. The highest BCUT2D eigenvalue weighted by Crippen LogP contribution is 2.31. The maximum absolute atomic E-state index is 15.5. The van der Waals surface area contributed by atoms with E-state index in [1.165, 1.54) is 67.6 Å². The summed E-state index contributed by atoms with van der Waals surface area (Å²) in [4.78, 5) is 60.9. The average molecular weight is 867 g/mol. The van der Waals surface area contributed by atoms with E-state index in [1.54, 1.807) is 62.4 Å². The first-order valence-electron chi connectivity index (χ1n) is 20.0. The van der Waals surface area contributed by atoms with Crippen LogP contribution < -0.4 is 18.9 Å². The summed E-state index contributed by atoms with van der Waals surface area (Å²) in [6.45, 7) is 17.4. The molecule has 64 heavy (non-hydrogen) atoms. The van der Waals surface area contributed by atoms with Gasteiger partial charge in [-0.15, -0.1) is 0 Å². The zero-order chi connectivity index (χ0) is 46.4. The summed E-state index contributed by atoms with van der Waals surface area (Å²) in [5.74, 6) is -2.05. The molecule has 0 aliphatic carbocycles. The van der Waals surface area contributed by atoms with Gasteiger partial charge in [-0.25, -0.2) is 28.4 Å². The van der Waals surface area contributed by atoms with Gasteiger partial charge in [-0.1, -0.05) is 75.2 Å². The number of hydrogen-bond acceptors (Lipinski definition) is 11. The highest BCUT2D eigenvalue weighted by atomic mass is 19.1. The molecule has 11 nitrogen and oxygen atoms in total. The largest absolute Gasteiger partial charge is 0.494 e. The van der Waals surface area contributed by atoms with Gasteiger partial charge in [-0.3, -0.25) is 0 Å². The van der Waals surface area contributed by atoms with E-state index < -0.39 is 41.1 Å². The molecule has 0 saturated carbocycles. The zero-order valence-electron chi connectivity index (χ0n) is 35.9. The van der Waals surface area contributed by atoms with E-state index in [4.69, 9.17) is 28.4 Å². The predicted octanol–water partition coefficient (Wildman–Crippen LogP) is 10.5. The number of carbonyl (C=O) groups excluding carboxylic acids is 5. The van der Waals surface area contributed by atoms with E-state index >= 15 is 4.39 Å². The van der Waals surface area contributed by atoms with Crippen molar-refractivity contribution in [2.75, 3.05) is 19.8 Å². The molecule has 0 N–H and O–H groups in total. The third-order valence-corrected chi connectivity index (χ3v) is 9.47. The Labute approximate surface area is 371 Å². The van der Waals surface area contributed by atoms with Gasteiger partial charge in [0.05, 0.1) is 12.2 Å². The lowest BCUT2D eigenvalue weighted by atomic mass is 9.89. The van der Waals surface area contributed by atoms with Crippen LogP contribution in [-0.4, -0.2) is 49.7 Å². The smallest absolute Gasteiger partial charge is 0.343 e. The first-order valence-corrected chi connectivity index (χ1v) is 20.0. The molecule has 5 aromatic carbocycles. The summed E-state index contributed by atoms with van der Waals surface area (Å²) in [7, 11) is 0. The number of halogens is 1. The Balaban J connectivity index is 1.10. The van der Waals surface area contributed by atoms with Crippen molar-refractivity contribution in [3.63, 3.8) is 0 Å². The van der Waals surface area contributed by atoms with Crippen LogP contribution in [0.3, 0.4) is 0 Å². The molecule has 0 spiro atoms. The van der Waals surface area contributed by atoms with Gasteiger partial charge in [0.2, 0.25) is 0 Å². The summed E-state index contributed by atoms with van der Waals surface area (Å²) in [6, 6.07) is 31.0. The maximum Gasteiger partial charge on any atom is 0.343 e. The summed E-state index contributed by atoms with van der Waals surface area (Å²) >= 11 is 0. The van der Waals surface area contributed by atoms with Crippen LogP contribution >= 0.6 is 0 Å². The van der Waals surface area contributed by atoms with Crippen molar-refractivity contribution in [1.82, 2.24) is 0 Å². The van der Waals surface area contributed by atoms with Crippen molar-refractivity contribution in [3.8, 4) is 45.3 Å². The standard InChI is InChI=1S/C52H47FO11/c1-33(2)48(55)60-31-52(7,32-61-49(56)34(3)4)28-29-59-41-18-13-37(14-19-41)40-17-26-45(46(53)30-40)38-11-8-36(9-12-38)10-27-47(54)62-42-22-24-44(25-23-42)64-51(58)39-15-20-43(21-16-39)63-50(57)35(5)6/h8-27,30H,1,3,5,28-29,31-32H2,2,4,6-7H3/b27-10+. The molecule has 12 heteroatoms. The molecule has 0 aliphatic rings. The van der Waals surface area contributed by atoms with Crippen LogP contribution in [0.5, 0.6) is 23.0 Å². The van der Waals surface area contributed by atoms with Gasteiger partial charge < -0.3 is 28.4 Å². The minimum atomic E-state index is -0.732. The van der Waals surface area contributed by atoms with Crippen molar-refractivity contribution >= 4 is 35.9 Å². The lowest BCUT2D eigenvalue weighted by molar-refractivity contribution is -0.149. The minimum absolute atomic E-state index is 0.00826. The van der Waals surface area contributed by atoms with E-state index in [0.717, 1.165) is 5.56 Å². The number of rotatable bonds is 19. The lowest BCUT2D eigenvalue weighted by Gasteiger charge is -2.28. The molecule has 0 fully saturated rings. The molecule has 328 valence electrons. The fourth-order valence-corrected chi connectivity index (χ4v) is 5.68. The van der Waals surface area contributed by atoms with E-state index in [9.17, 15) is 24.0 Å². The number of esters is 5. The van der Waals surface area contributed by atoms with Crippen molar-refractivity contribution in [3.05, 3.63) is 175 Å². The van der Waals surface area contributed by atoms with Gasteiger partial charge in [0, 0.05) is 33.8 Å². The third-order valence-electron chi connectivity index (χ3n) is 9.47. The zero-order valence-corrected chi connectivity index (χ0v) is 35.9. The first kappa shape index (κ1) is 47.2. The molecule has 0 radical (unpaired) electrons. The minimum Gasteiger partial charge on any atom is -0.494 e. The molecule has 0 heterocycles. The predicted molar refractivity (Wildman–Crippen MR) is 240 cm³/mol. The molecule has 5 rings (SSSR count). The van der Waals surface area contributed by atoms with Crippen molar-refractivity contribution in [1.29, 1.82) is 0 Å². The molecule has 0 saturated heterocycles. The molecule has 0 unspecified atom stereocenters. The van der Waals surface area contributed by atoms with E-state index in [-0.39, 0.29) is 59.4 Å². The lowest BCUT2D eigenvalue weighted by Crippen LogP contribution is -2.33. The summed E-state index contributed by atoms with van der Waals surface area (Å²) in [5.41, 5.74) is 3.44. The van der Waals surface area contributed by atoms with Crippen LogP contribution in [0.1, 0.15) is 50.0 Å². The first-order chi connectivity index (χ1) is 30.5. The fraction of sp³-hybridized carbons (Fsp3) is 0.173. The molecule has 0 bridgehead atoms. The Hall–Kier alpha value is -7.86. The van der Waals surface area contributed by atoms with Crippen LogP contribution in [0.2, 0.25) is 0 Å². The summed E-state index contributed by atoms with van der Waals surface area (Å²) < 4.78 is 48.1. The fourth-order valence-electron chi connectivity index (χ4n) is 5.68. The molecule has 0 aromatic heterocycles. The molecule has 0 aliphatic heterocycles. The molecule has 0 amide bonds. The molecule has 5 aromatic rings. The van der Waals surface area contributed by atoms with E-state index in [1.807, 2.05) is 25.1 Å². The van der Waals surface area contributed by atoms with Crippen LogP contribution in [0, 0.1) is 11.2 Å². The van der Waals surface area contributed by atoms with Gasteiger partial charge in [0.25, 0.3) is 0 Å². The topological polar surface area (TPSA) is 141 Å². The third kappa shape index (κ3) is 13.8. The highest BCUT2D eigenvalue weighted by molar-refractivity contribution is 5.92. The van der Waals surface area contributed by atoms with Crippen LogP contribution in [0.4, 0.5) is 4.39 Å². The van der Waals surface area contributed by atoms with Crippen molar-refractivity contribution < 1.29 is 56.8 Å². The Morgan fingerprint density at radius 2 is 1.06 bits per heavy atom. The SMILES string of the molecule is C=C(C)C(=O)OCC(C)(CCOc1ccc(-c2ccc(-c3ccc(/C=C/C(=O)Oc4ccc(OC(=O)c5ccc(OC(=O)C(=C)C)cc5)cc4)cc3)c(F)c2)cc1)COC(=O)C(=C)C. The van der Waals surface area contributed by atoms with Crippen LogP contribution in [-0.2, 0) is 28.7 Å². The Kier molecular flexibility index (Phi) is 16.1. The second-order valence-corrected chi connectivity index (χ2v) is 15.3. The van der Waals surface area contributed by atoms with E-state index in [0.29, 0.717) is 34.4 Å². The summed E-state index contributed by atoms with van der Waals surface area (Å²) in [5, 5.41) is 0. The monoisotopic (exact) mass is 866 g/mol. The molecule has 0 atom stereocenters. The maximum atomic E-state index is 15.5. The van der Waals surface area contributed by atoms with Gasteiger partial charge in [0.15, 0.2) is 0 Å². The Morgan fingerprint density at radius 1 is 0.578 bits per heavy atom. The number of benzene rings is 5. The Morgan fingerprint density at radius 3 is 1.61 bits per heavy atom. The van der Waals surface area contributed by atoms with E-state index in [2.05, 4.69) is 19.7 Å². The van der Waals surface area contributed by atoms with Gasteiger partial charge in [0.1, 0.15) is 42.0 Å². The van der Waals surface area contributed by atoms with Gasteiger partial charge in [-0.05, 0) is 122 Å². The second kappa shape index (κ2) is 21.8. The normalized spacial score (nSPS) is 11.0. The van der Waals surface area contributed by atoms with Crippen molar-refractivity contribution in [2.24, 2.45) is 5.41 Å². The quantitative estimate of drug-likeness (QED) is 0.0445. The number of carbonyl (C=O) groups is 5. The number of hydrogen-bond donors (Lipinski definition) is 0. The average Bonchev–Trinajstić information content (AvgIpc) is 3.28. The highest BCUT2D eigenvalue weighted by Gasteiger charge is 2.29. The van der Waals surface area contributed by atoms with Crippen LogP contribution in [0.25, 0.3) is 28.3 Å². The Bertz CT molecular complexity index is 2540. The van der Waals surface area contributed by atoms with Crippen molar-refractivity contribution in [2.45, 2.75) is 34.1 Å². The second-order valence-electron chi connectivity index (χ2n) is 15.3.